The van der Waals surface area contributed by atoms with Gasteiger partial charge in [0.1, 0.15) is 0 Å². The molecule has 1 amide bonds. The van der Waals surface area contributed by atoms with Crippen LogP contribution in [0.4, 0.5) is 0 Å². The van der Waals surface area contributed by atoms with E-state index in [4.69, 9.17) is 11.6 Å². The van der Waals surface area contributed by atoms with Gasteiger partial charge in [-0.1, -0.05) is 48.0 Å². The fourth-order valence-corrected chi connectivity index (χ4v) is 2.65. The van der Waals surface area contributed by atoms with Gasteiger partial charge < -0.3 is 0 Å². The van der Waals surface area contributed by atoms with Crippen LogP contribution in [0.1, 0.15) is 11.1 Å². The molecule has 0 aromatic heterocycles. The molecule has 0 heterocycles. The molecule has 0 spiro atoms. The maximum atomic E-state index is 11.7. The van der Waals surface area contributed by atoms with E-state index in [1.54, 1.807) is 12.3 Å². The molecule has 108 valence electrons. The smallest absolute Gasteiger partial charge is 0.250 e. The van der Waals surface area contributed by atoms with Crippen LogP contribution in [0, 0.1) is 6.92 Å². The number of thioether (sulfide) groups is 1. The summed E-state index contributed by atoms with van der Waals surface area (Å²) < 4.78 is 0. The number of halogens is 1. The van der Waals surface area contributed by atoms with E-state index >= 15 is 0 Å². The van der Waals surface area contributed by atoms with Crippen molar-refractivity contribution in [3.05, 3.63) is 64.7 Å². The largest absolute Gasteiger partial charge is 0.272 e. The standard InChI is InChI=1S/C16H15ClN2OS/c1-12-6-2-5-9-15(12)21-11-16(20)19-18-10-13-7-3-4-8-14(13)17/h2-10H,11H2,1H3,(H,19,20)/b18-10-. The second-order valence-electron chi connectivity index (χ2n) is 4.37. The van der Waals surface area contributed by atoms with Crippen molar-refractivity contribution in [2.24, 2.45) is 5.10 Å². The lowest BCUT2D eigenvalue weighted by Crippen LogP contribution is -2.19. The van der Waals surface area contributed by atoms with Crippen molar-refractivity contribution >= 4 is 35.5 Å². The lowest BCUT2D eigenvalue weighted by molar-refractivity contribution is -0.118. The van der Waals surface area contributed by atoms with Gasteiger partial charge in [-0.15, -0.1) is 11.8 Å². The van der Waals surface area contributed by atoms with E-state index in [0.717, 1.165) is 16.0 Å². The van der Waals surface area contributed by atoms with Crippen LogP contribution in [-0.4, -0.2) is 17.9 Å². The molecule has 0 aliphatic carbocycles. The Morgan fingerprint density at radius 3 is 2.71 bits per heavy atom. The van der Waals surface area contributed by atoms with Crippen LogP contribution in [0.3, 0.4) is 0 Å². The zero-order valence-electron chi connectivity index (χ0n) is 11.5. The Balaban J connectivity index is 1.83. The molecule has 0 radical (unpaired) electrons. The molecule has 0 saturated carbocycles. The predicted octanol–water partition coefficient (Wildman–Crippen LogP) is 3.89. The van der Waals surface area contributed by atoms with E-state index in [1.807, 2.05) is 49.4 Å². The molecule has 2 aromatic rings. The first-order valence-corrected chi connectivity index (χ1v) is 7.78. The Hall–Kier alpha value is -1.78. The summed E-state index contributed by atoms with van der Waals surface area (Å²) in [5.74, 6) is 0.177. The maximum absolute atomic E-state index is 11.7. The highest BCUT2D eigenvalue weighted by Crippen LogP contribution is 2.21. The van der Waals surface area contributed by atoms with Crippen molar-refractivity contribution in [1.82, 2.24) is 5.43 Å². The van der Waals surface area contributed by atoms with Gasteiger partial charge in [0.05, 0.1) is 12.0 Å². The van der Waals surface area contributed by atoms with Gasteiger partial charge in [-0.25, -0.2) is 5.43 Å². The highest BCUT2D eigenvalue weighted by atomic mass is 35.5. The van der Waals surface area contributed by atoms with Gasteiger partial charge in [0.25, 0.3) is 0 Å². The first-order valence-electron chi connectivity index (χ1n) is 6.41. The molecule has 0 saturated heterocycles. The van der Waals surface area contributed by atoms with Crippen LogP contribution < -0.4 is 5.43 Å². The van der Waals surface area contributed by atoms with E-state index in [-0.39, 0.29) is 5.91 Å². The van der Waals surface area contributed by atoms with Crippen molar-refractivity contribution in [2.45, 2.75) is 11.8 Å². The molecule has 21 heavy (non-hydrogen) atoms. The Bertz CT molecular complexity index is 658. The summed E-state index contributed by atoms with van der Waals surface area (Å²) in [6, 6.07) is 15.3. The summed E-state index contributed by atoms with van der Waals surface area (Å²) in [6.07, 6.45) is 1.54. The second kappa shape index (κ2) is 7.86. The van der Waals surface area contributed by atoms with E-state index < -0.39 is 0 Å². The van der Waals surface area contributed by atoms with E-state index in [9.17, 15) is 4.79 Å². The molecule has 5 heteroatoms. The zero-order valence-corrected chi connectivity index (χ0v) is 13.1. The topological polar surface area (TPSA) is 41.5 Å². The molecule has 1 N–H and O–H groups in total. The fourth-order valence-electron chi connectivity index (χ4n) is 1.65. The minimum absolute atomic E-state index is 0.147. The Morgan fingerprint density at radius 1 is 1.24 bits per heavy atom. The van der Waals surface area contributed by atoms with Crippen LogP contribution >= 0.6 is 23.4 Å². The molecular weight excluding hydrogens is 304 g/mol. The van der Waals surface area contributed by atoms with Gasteiger partial charge in [-0.2, -0.15) is 5.10 Å². The molecule has 0 bridgehead atoms. The summed E-state index contributed by atoms with van der Waals surface area (Å²) in [7, 11) is 0. The minimum Gasteiger partial charge on any atom is -0.272 e. The molecule has 0 fully saturated rings. The molecular formula is C16H15ClN2OS. The molecule has 0 atom stereocenters. The molecule has 0 unspecified atom stereocenters. The number of amides is 1. The molecule has 0 aliphatic heterocycles. The Kier molecular flexibility index (Phi) is 5.84. The van der Waals surface area contributed by atoms with Crippen molar-refractivity contribution in [2.75, 3.05) is 5.75 Å². The Morgan fingerprint density at radius 2 is 1.95 bits per heavy atom. The fraction of sp³-hybridized carbons (Fsp3) is 0.125. The SMILES string of the molecule is Cc1ccccc1SCC(=O)N/N=C\c1ccccc1Cl. The van der Waals surface area contributed by atoms with Crippen molar-refractivity contribution in [3.63, 3.8) is 0 Å². The van der Waals surface area contributed by atoms with Gasteiger partial charge in [0.2, 0.25) is 5.91 Å². The number of hydrogen-bond acceptors (Lipinski definition) is 3. The normalized spacial score (nSPS) is 10.8. The van der Waals surface area contributed by atoms with E-state index in [2.05, 4.69) is 10.5 Å². The lowest BCUT2D eigenvalue weighted by atomic mass is 10.2. The molecule has 2 rings (SSSR count). The van der Waals surface area contributed by atoms with Crippen molar-refractivity contribution < 1.29 is 4.79 Å². The number of carbonyl (C=O) groups is 1. The number of hydrazone groups is 1. The maximum Gasteiger partial charge on any atom is 0.250 e. The predicted molar refractivity (Wildman–Crippen MR) is 89.1 cm³/mol. The van der Waals surface area contributed by atoms with Crippen molar-refractivity contribution in [1.29, 1.82) is 0 Å². The number of nitrogens with one attached hydrogen (secondary N) is 1. The number of aryl methyl sites for hydroxylation is 1. The van der Waals surface area contributed by atoms with Crippen LogP contribution in [0.15, 0.2) is 58.5 Å². The van der Waals surface area contributed by atoms with Gasteiger partial charge in [0, 0.05) is 15.5 Å². The first kappa shape index (κ1) is 15.6. The summed E-state index contributed by atoms with van der Waals surface area (Å²) in [6.45, 7) is 2.02. The second-order valence-corrected chi connectivity index (χ2v) is 5.79. The zero-order chi connectivity index (χ0) is 15.1. The minimum atomic E-state index is -0.147. The average molecular weight is 319 g/mol. The summed E-state index contributed by atoms with van der Waals surface area (Å²) >= 11 is 7.48. The van der Waals surface area contributed by atoms with Crippen molar-refractivity contribution in [3.8, 4) is 0 Å². The van der Waals surface area contributed by atoms with Gasteiger partial charge in [0.15, 0.2) is 0 Å². The van der Waals surface area contributed by atoms with Crippen LogP contribution in [0.2, 0.25) is 5.02 Å². The quantitative estimate of drug-likeness (QED) is 0.516. The van der Waals surface area contributed by atoms with Crippen LogP contribution in [0.25, 0.3) is 0 Å². The molecule has 0 aliphatic rings. The number of benzene rings is 2. The third kappa shape index (κ3) is 4.92. The molecule has 2 aromatic carbocycles. The van der Waals surface area contributed by atoms with Crippen LogP contribution in [0.5, 0.6) is 0 Å². The van der Waals surface area contributed by atoms with Gasteiger partial charge in [-0.3, -0.25) is 4.79 Å². The monoisotopic (exact) mass is 318 g/mol. The average Bonchev–Trinajstić information content (AvgIpc) is 2.48. The summed E-state index contributed by atoms with van der Waals surface area (Å²) in [5.41, 5.74) is 4.43. The number of nitrogens with zero attached hydrogens (tertiary/aromatic N) is 1. The Labute approximate surface area is 133 Å². The summed E-state index contributed by atoms with van der Waals surface area (Å²) in [5, 5.41) is 4.52. The number of rotatable bonds is 5. The molecule has 3 nitrogen and oxygen atoms in total. The third-order valence-electron chi connectivity index (χ3n) is 2.75. The third-order valence-corrected chi connectivity index (χ3v) is 4.27. The van der Waals surface area contributed by atoms with Gasteiger partial charge >= 0.3 is 0 Å². The number of carbonyl (C=O) groups excluding carboxylic acids is 1. The lowest BCUT2D eigenvalue weighted by Gasteiger charge is -2.04. The summed E-state index contributed by atoms with van der Waals surface area (Å²) in [4.78, 5) is 12.8. The van der Waals surface area contributed by atoms with Crippen LogP contribution in [-0.2, 0) is 4.79 Å². The number of hydrogen-bond donors (Lipinski definition) is 1. The van der Waals surface area contributed by atoms with E-state index in [0.29, 0.717) is 10.8 Å². The highest BCUT2D eigenvalue weighted by molar-refractivity contribution is 8.00. The van der Waals surface area contributed by atoms with E-state index in [1.165, 1.54) is 11.8 Å². The first-order chi connectivity index (χ1) is 10.2. The highest BCUT2D eigenvalue weighted by Gasteiger charge is 2.03. The van der Waals surface area contributed by atoms with Gasteiger partial charge in [-0.05, 0) is 24.6 Å².